The molecule has 1 spiro atoms. The molecule has 0 aromatic rings. The Morgan fingerprint density at radius 1 is 1.33 bits per heavy atom. The van der Waals surface area contributed by atoms with Gasteiger partial charge in [-0.1, -0.05) is 19.3 Å². The Kier molecular flexibility index (Phi) is 4.34. The van der Waals surface area contributed by atoms with E-state index in [9.17, 15) is 8.42 Å². The van der Waals surface area contributed by atoms with E-state index in [0.717, 1.165) is 12.8 Å². The standard InChI is InChI=1S/C13H25NO3S/c1-11(10-14)18(15,16)12-5-8-17-13(9-12)6-3-2-4-7-13/h11-12H,2-10,14H2,1H3. The minimum Gasteiger partial charge on any atom is -0.375 e. The van der Waals surface area contributed by atoms with E-state index in [-0.39, 0.29) is 17.4 Å². The number of hydrogen-bond donors (Lipinski definition) is 1. The van der Waals surface area contributed by atoms with Crippen LogP contribution in [-0.4, -0.2) is 37.7 Å². The first-order valence-electron chi connectivity index (χ1n) is 7.07. The molecule has 4 nitrogen and oxygen atoms in total. The first-order chi connectivity index (χ1) is 8.50. The lowest BCUT2D eigenvalue weighted by Gasteiger charge is -2.43. The summed E-state index contributed by atoms with van der Waals surface area (Å²) >= 11 is 0. The average Bonchev–Trinajstić information content (AvgIpc) is 2.38. The molecule has 1 saturated carbocycles. The molecular weight excluding hydrogens is 250 g/mol. The van der Waals surface area contributed by atoms with Crippen molar-refractivity contribution in [2.24, 2.45) is 5.73 Å². The second-order valence-corrected chi connectivity index (χ2v) is 8.49. The van der Waals surface area contributed by atoms with Gasteiger partial charge in [-0.05, 0) is 32.6 Å². The maximum atomic E-state index is 12.4. The maximum Gasteiger partial charge on any atom is 0.157 e. The van der Waals surface area contributed by atoms with Crippen LogP contribution in [0.3, 0.4) is 0 Å². The summed E-state index contributed by atoms with van der Waals surface area (Å²) in [5, 5.41) is -0.677. The molecule has 5 heteroatoms. The van der Waals surface area contributed by atoms with E-state index >= 15 is 0 Å². The molecule has 0 aromatic carbocycles. The molecule has 2 aliphatic rings. The predicted octanol–water partition coefficient (Wildman–Crippen LogP) is 1.63. The molecule has 1 saturated heterocycles. The fourth-order valence-electron chi connectivity index (χ4n) is 3.27. The van der Waals surface area contributed by atoms with Gasteiger partial charge in [-0.3, -0.25) is 0 Å². The molecule has 0 aromatic heterocycles. The van der Waals surface area contributed by atoms with Crippen LogP contribution in [0.1, 0.15) is 51.9 Å². The summed E-state index contributed by atoms with van der Waals surface area (Å²) in [4.78, 5) is 0. The van der Waals surface area contributed by atoms with Gasteiger partial charge in [0.25, 0.3) is 0 Å². The van der Waals surface area contributed by atoms with Gasteiger partial charge in [-0.25, -0.2) is 8.42 Å². The van der Waals surface area contributed by atoms with Gasteiger partial charge in [0.05, 0.1) is 16.1 Å². The highest BCUT2D eigenvalue weighted by Crippen LogP contribution is 2.40. The van der Waals surface area contributed by atoms with E-state index in [0.29, 0.717) is 19.4 Å². The van der Waals surface area contributed by atoms with Crippen molar-refractivity contribution >= 4 is 9.84 Å². The second kappa shape index (κ2) is 5.47. The SMILES string of the molecule is CC(CN)S(=O)(=O)C1CCOC2(CCCCC2)C1. The van der Waals surface area contributed by atoms with Crippen molar-refractivity contribution in [1.82, 2.24) is 0 Å². The first kappa shape index (κ1) is 14.3. The third-order valence-corrected chi connectivity index (χ3v) is 7.22. The quantitative estimate of drug-likeness (QED) is 0.850. The summed E-state index contributed by atoms with van der Waals surface area (Å²) in [6.45, 7) is 2.52. The highest BCUT2D eigenvalue weighted by Gasteiger charge is 2.43. The van der Waals surface area contributed by atoms with Gasteiger partial charge in [0.2, 0.25) is 0 Å². The molecule has 1 aliphatic heterocycles. The van der Waals surface area contributed by atoms with Crippen LogP contribution < -0.4 is 5.73 Å². The zero-order valence-corrected chi connectivity index (χ0v) is 12.0. The van der Waals surface area contributed by atoms with Gasteiger partial charge in [-0.2, -0.15) is 0 Å². The predicted molar refractivity (Wildman–Crippen MR) is 72.2 cm³/mol. The Morgan fingerprint density at radius 2 is 2.00 bits per heavy atom. The molecule has 1 heterocycles. The smallest absolute Gasteiger partial charge is 0.157 e. The van der Waals surface area contributed by atoms with Crippen LogP contribution >= 0.6 is 0 Å². The van der Waals surface area contributed by atoms with Crippen molar-refractivity contribution < 1.29 is 13.2 Å². The highest BCUT2D eigenvalue weighted by molar-refractivity contribution is 7.92. The molecule has 2 N–H and O–H groups in total. The van der Waals surface area contributed by atoms with Gasteiger partial charge < -0.3 is 10.5 Å². The fraction of sp³-hybridized carbons (Fsp3) is 1.00. The van der Waals surface area contributed by atoms with E-state index in [4.69, 9.17) is 10.5 Å². The van der Waals surface area contributed by atoms with E-state index in [1.165, 1.54) is 19.3 Å². The Labute approximate surface area is 110 Å². The second-order valence-electron chi connectivity index (χ2n) is 5.84. The zero-order chi connectivity index (χ0) is 13.2. The summed E-state index contributed by atoms with van der Waals surface area (Å²) in [5.74, 6) is 0. The fourth-order valence-corrected chi connectivity index (χ4v) is 5.16. The van der Waals surface area contributed by atoms with Crippen molar-refractivity contribution in [3.8, 4) is 0 Å². The van der Waals surface area contributed by atoms with Crippen LogP contribution in [0.4, 0.5) is 0 Å². The summed E-state index contributed by atoms with van der Waals surface area (Å²) in [6, 6.07) is 0. The van der Waals surface area contributed by atoms with Crippen molar-refractivity contribution in [2.75, 3.05) is 13.2 Å². The van der Waals surface area contributed by atoms with Gasteiger partial charge >= 0.3 is 0 Å². The van der Waals surface area contributed by atoms with Crippen molar-refractivity contribution in [3.05, 3.63) is 0 Å². The number of rotatable bonds is 3. The number of sulfone groups is 1. The van der Waals surface area contributed by atoms with Crippen molar-refractivity contribution in [1.29, 1.82) is 0 Å². The molecule has 2 fully saturated rings. The summed E-state index contributed by atoms with van der Waals surface area (Å²) < 4.78 is 30.8. The average molecular weight is 275 g/mol. The molecular formula is C13H25NO3S. The topological polar surface area (TPSA) is 69.4 Å². The van der Waals surface area contributed by atoms with Crippen LogP contribution in [0.15, 0.2) is 0 Å². The van der Waals surface area contributed by atoms with Crippen molar-refractivity contribution in [3.63, 3.8) is 0 Å². The Balaban J connectivity index is 2.11. The number of ether oxygens (including phenoxy) is 1. The Hall–Kier alpha value is -0.130. The Bertz CT molecular complexity index is 368. The van der Waals surface area contributed by atoms with Gasteiger partial charge in [0.1, 0.15) is 0 Å². The normalized spacial score (nSPS) is 30.2. The van der Waals surface area contributed by atoms with E-state index < -0.39 is 15.1 Å². The van der Waals surface area contributed by atoms with Crippen LogP contribution in [-0.2, 0) is 14.6 Å². The lowest BCUT2D eigenvalue weighted by atomic mass is 9.80. The minimum atomic E-state index is -3.09. The third-order valence-electron chi connectivity index (χ3n) is 4.57. The summed E-state index contributed by atoms with van der Waals surface area (Å²) in [5.41, 5.74) is 5.37. The molecule has 0 radical (unpaired) electrons. The monoisotopic (exact) mass is 275 g/mol. The largest absolute Gasteiger partial charge is 0.375 e. The van der Waals surface area contributed by atoms with Gasteiger partial charge in [0, 0.05) is 13.2 Å². The third kappa shape index (κ3) is 2.73. The summed E-state index contributed by atoms with van der Waals surface area (Å²) in [7, 11) is -3.09. The molecule has 18 heavy (non-hydrogen) atoms. The van der Waals surface area contributed by atoms with Gasteiger partial charge in [-0.15, -0.1) is 0 Å². The molecule has 1 aliphatic carbocycles. The highest BCUT2D eigenvalue weighted by atomic mass is 32.2. The number of nitrogens with two attached hydrogens (primary N) is 1. The van der Waals surface area contributed by atoms with Crippen molar-refractivity contribution in [2.45, 2.75) is 68.0 Å². The zero-order valence-electron chi connectivity index (χ0n) is 11.2. The van der Waals surface area contributed by atoms with Gasteiger partial charge in [0.15, 0.2) is 9.84 Å². The van der Waals surface area contributed by atoms with E-state index in [2.05, 4.69) is 0 Å². The van der Waals surface area contributed by atoms with Crippen LogP contribution in [0, 0.1) is 0 Å². The lowest BCUT2D eigenvalue weighted by molar-refractivity contribution is -0.0979. The molecule has 2 rings (SSSR count). The van der Waals surface area contributed by atoms with Crippen LogP contribution in [0.5, 0.6) is 0 Å². The molecule has 0 bridgehead atoms. The Morgan fingerprint density at radius 3 is 2.61 bits per heavy atom. The molecule has 106 valence electrons. The molecule has 0 amide bonds. The van der Waals surface area contributed by atoms with Crippen LogP contribution in [0.2, 0.25) is 0 Å². The molecule has 2 atom stereocenters. The first-order valence-corrected chi connectivity index (χ1v) is 8.68. The summed E-state index contributed by atoms with van der Waals surface area (Å²) in [6.07, 6.45) is 6.94. The van der Waals surface area contributed by atoms with Crippen LogP contribution in [0.25, 0.3) is 0 Å². The lowest BCUT2D eigenvalue weighted by Crippen LogP contribution is -2.48. The molecule has 2 unspecified atom stereocenters. The van der Waals surface area contributed by atoms with E-state index in [1.807, 2.05) is 0 Å². The number of hydrogen-bond acceptors (Lipinski definition) is 4. The maximum absolute atomic E-state index is 12.4. The minimum absolute atomic E-state index is 0.150. The van der Waals surface area contributed by atoms with E-state index in [1.54, 1.807) is 6.92 Å².